The number of furan rings is 1. The Labute approximate surface area is 112 Å². The molecule has 0 fully saturated rings. The van der Waals surface area contributed by atoms with Gasteiger partial charge in [-0.1, -0.05) is 38.1 Å². The van der Waals surface area contributed by atoms with E-state index in [-0.39, 0.29) is 0 Å². The quantitative estimate of drug-likeness (QED) is 0.892. The monoisotopic (exact) mass is 264 g/mol. The molecule has 0 saturated heterocycles. The maximum atomic E-state index is 10.0. The molecule has 0 bridgehead atoms. The van der Waals surface area contributed by atoms with E-state index in [0.29, 0.717) is 23.3 Å². The van der Waals surface area contributed by atoms with Gasteiger partial charge >= 0.3 is 0 Å². The minimum atomic E-state index is -0.651. The van der Waals surface area contributed by atoms with Gasteiger partial charge in [-0.05, 0) is 40.8 Å². The average Bonchev–Trinajstić information content (AvgIpc) is 2.76. The molecule has 1 aromatic heterocycles. The number of rotatable bonds is 4. The van der Waals surface area contributed by atoms with E-state index >= 15 is 0 Å². The molecule has 0 aliphatic heterocycles. The Balaban J connectivity index is 2.05. The molecule has 18 heavy (non-hydrogen) atoms. The van der Waals surface area contributed by atoms with Crippen LogP contribution in [0.4, 0.5) is 0 Å². The van der Waals surface area contributed by atoms with Gasteiger partial charge in [0, 0.05) is 6.42 Å². The van der Waals surface area contributed by atoms with Crippen LogP contribution in [0.2, 0.25) is 5.22 Å². The van der Waals surface area contributed by atoms with Crippen LogP contribution < -0.4 is 0 Å². The van der Waals surface area contributed by atoms with Gasteiger partial charge in [-0.2, -0.15) is 0 Å². The third-order valence-corrected chi connectivity index (χ3v) is 3.20. The Hall–Kier alpha value is -1.25. The fourth-order valence-electron chi connectivity index (χ4n) is 1.87. The van der Waals surface area contributed by atoms with Gasteiger partial charge < -0.3 is 9.52 Å². The zero-order valence-corrected chi connectivity index (χ0v) is 11.3. The van der Waals surface area contributed by atoms with Crippen molar-refractivity contribution in [1.82, 2.24) is 0 Å². The molecule has 2 aromatic rings. The highest BCUT2D eigenvalue weighted by Gasteiger charge is 2.12. The summed E-state index contributed by atoms with van der Waals surface area (Å²) in [5.74, 6) is 1.03. The second-order valence-electron chi connectivity index (χ2n) is 4.76. The third-order valence-electron chi connectivity index (χ3n) is 3.00. The van der Waals surface area contributed by atoms with Crippen molar-refractivity contribution in [2.75, 3.05) is 0 Å². The van der Waals surface area contributed by atoms with Crippen LogP contribution in [0.1, 0.15) is 42.8 Å². The summed E-state index contributed by atoms with van der Waals surface area (Å²) < 4.78 is 5.19. The lowest BCUT2D eigenvalue weighted by molar-refractivity contribution is 0.150. The van der Waals surface area contributed by atoms with Gasteiger partial charge in [0.1, 0.15) is 11.9 Å². The first-order valence-corrected chi connectivity index (χ1v) is 6.46. The maximum Gasteiger partial charge on any atom is 0.193 e. The first-order chi connectivity index (χ1) is 8.56. The zero-order valence-electron chi connectivity index (χ0n) is 10.6. The highest BCUT2D eigenvalue weighted by atomic mass is 35.5. The van der Waals surface area contributed by atoms with Crippen LogP contribution in [0.15, 0.2) is 40.8 Å². The number of aliphatic hydroxyl groups is 1. The zero-order chi connectivity index (χ0) is 13.1. The van der Waals surface area contributed by atoms with Crippen molar-refractivity contribution in [3.05, 3.63) is 58.5 Å². The summed E-state index contributed by atoms with van der Waals surface area (Å²) >= 11 is 5.69. The molecule has 1 heterocycles. The van der Waals surface area contributed by atoms with Crippen molar-refractivity contribution >= 4 is 11.6 Å². The topological polar surface area (TPSA) is 33.4 Å². The normalized spacial score (nSPS) is 12.9. The Kier molecular flexibility index (Phi) is 4.10. The Morgan fingerprint density at radius 2 is 1.78 bits per heavy atom. The maximum absolute atomic E-state index is 10.0. The summed E-state index contributed by atoms with van der Waals surface area (Å²) in [6.07, 6.45) is -0.121. The van der Waals surface area contributed by atoms with Gasteiger partial charge in [-0.25, -0.2) is 0 Å². The molecule has 2 rings (SSSR count). The number of aliphatic hydroxyl groups excluding tert-OH is 1. The van der Waals surface area contributed by atoms with Crippen molar-refractivity contribution in [1.29, 1.82) is 0 Å². The van der Waals surface area contributed by atoms with Gasteiger partial charge in [0.05, 0.1) is 0 Å². The van der Waals surface area contributed by atoms with Crippen LogP contribution in [0.5, 0.6) is 0 Å². The smallest absolute Gasteiger partial charge is 0.193 e. The molecule has 3 heteroatoms. The molecule has 0 spiro atoms. The van der Waals surface area contributed by atoms with Gasteiger partial charge in [0.15, 0.2) is 5.22 Å². The van der Waals surface area contributed by atoms with E-state index in [1.807, 2.05) is 12.1 Å². The number of benzene rings is 1. The first-order valence-electron chi connectivity index (χ1n) is 6.08. The third kappa shape index (κ3) is 3.15. The van der Waals surface area contributed by atoms with E-state index in [1.165, 1.54) is 5.56 Å². The van der Waals surface area contributed by atoms with Crippen molar-refractivity contribution < 1.29 is 9.52 Å². The van der Waals surface area contributed by atoms with Crippen molar-refractivity contribution in [3.63, 3.8) is 0 Å². The number of hydrogen-bond acceptors (Lipinski definition) is 2. The van der Waals surface area contributed by atoms with Gasteiger partial charge in [-0.15, -0.1) is 0 Å². The van der Waals surface area contributed by atoms with E-state index < -0.39 is 6.10 Å². The first kappa shape index (κ1) is 13.2. The van der Waals surface area contributed by atoms with Crippen LogP contribution in [-0.4, -0.2) is 5.11 Å². The van der Waals surface area contributed by atoms with E-state index in [2.05, 4.69) is 26.0 Å². The van der Waals surface area contributed by atoms with E-state index in [1.54, 1.807) is 12.1 Å². The standard InChI is InChI=1S/C15H17ClO2/c1-10(2)12-5-3-11(4-6-12)9-13(17)14-7-8-15(16)18-14/h3-8,10,13,17H,9H2,1-2H3. The predicted molar refractivity (Wildman–Crippen MR) is 72.9 cm³/mol. The summed E-state index contributed by atoms with van der Waals surface area (Å²) in [6.45, 7) is 4.32. The Morgan fingerprint density at radius 1 is 1.11 bits per heavy atom. The van der Waals surface area contributed by atoms with Gasteiger partial charge in [0.25, 0.3) is 0 Å². The van der Waals surface area contributed by atoms with Crippen molar-refractivity contribution in [3.8, 4) is 0 Å². The molecule has 96 valence electrons. The van der Waals surface area contributed by atoms with Gasteiger partial charge in [-0.3, -0.25) is 0 Å². The van der Waals surface area contributed by atoms with Crippen LogP contribution in [-0.2, 0) is 6.42 Å². The van der Waals surface area contributed by atoms with Crippen LogP contribution in [0, 0.1) is 0 Å². The lowest BCUT2D eigenvalue weighted by Gasteiger charge is -2.10. The predicted octanol–water partition coefficient (Wildman–Crippen LogP) is 4.33. The molecule has 0 aliphatic rings. The second kappa shape index (κ2) is 5.59. The Bertz CT molecular complexity index is 499. The van der Waals surface area contributed by atoms with Crippen LogP contribution in [0.25, 0.3) is 0 Å². The SMILES string of the molecule is CC(C)c1ccc(CC(O)c2ccc(Cl)o2)cc1. The lowest BCUT2D eigenvalue weighted by atomic mass is 9.99. The fourth-order valence-corrected chi connectivity index (χ4v) is 2.02. The summed E-state index contributed by atoms with van der Waals surface area (Å²) in [7, 11) is 0. The molecule has 0 radical (unpaired) electrons. The Morgan fingerprint density at radius 3 is 2.28 bits per heavy atom. The minimum Gasteiger partial charge on any atom is -0.447 e. The molecular formula is C15H17ClO2. The molecule has 0 saturated carbocycles. The largest absolute Gasteiger partial charge is 0.447 e. The molecule has 1 unspecified atom stereocenters. The minimum absolute atomic E-state index is 0.305. The van der Waals surface area contributed by atoms with E-state index in [9.17, 15) is 5.11 Å². The lowest BCUT2D eigenvalue weighted by Crippen LogP contribution is -2.00. The average molecular weight is 265 g/mol. The van der Waals surface area contributed by atoms with Crippen molar-refractivity contribution in [2.24, 2.45) is 0 Å². The van der Waals surface area contributed by atoms with Crippen LogP contribution in [0.3, 0.4) is 0 Å². The molecule has 1 aromatic carbocycles. The number of halogens is 1. The van der Waals surface area contributed by atoms with Gasteiger partial charge in [0.2, 0.25) is 0 Å². The number of hydrogen-bond donors (Lipinski definition) is 1. The highest BCUT2D eigenvalue weighted by Crippen LogP contribution is 2.23. The fraction of sp³-hybridized carbons (Fsp3) is 0.333. The molecule has 0 amide bonds. The summed E-state index contributed by atoms with van der Waals surface area (Å²) in [5, 5.41) is 10.3. The summed E-state index contributed by atoms with van der Waals surface area (Å²) in [4.78, 5) is 0. The molecular weight excluding hydrogens is 248 g/mol. The van der Waals surface area contributed by atoms with E-state index in [4.69, 9.17) is 16.0 Å². The van der Waals surface area contributed by atoms with Crippen LogP contribution >= 0.6 is 11.6 Å². The molecule has 1 N–H and O–H groups in total. The second-order valence-corrected chi connectivity index (χ2v) is 5.13. The summed E-state index contributed by atoms with van der Waals surface area (Å²) in [5.41, 5.74) is 2.38. The molecule has 1 atom stereocenters. The molecule has 2 nitrogen and oxygen atoms in total. The highest BCUT2D eigenvalue weighted by molar-refractivity contribution is 6.28. The van der Waals surface area contributed by atoms with E-state index in [0.717, 1.165) is 5.56 Å². The summed E-state index contributed by atoms with van der Waals surface area (Å²) in [6, 6.07) is 11.6. The molecule has 0 aliphatic carbocycles. The van der Waals surface area contributed by atoms with Crippen molar-refractivity contribution in [2.45, 2.75) is 32.3 Å².